The standard InChI is InChI=1S/C26H45NO2/c1-25-13-11-19(6-5-16-29-17-15-27(3)4)18-20(25)7-8-21-22-9-10-24(28)26(22,2)14-12-23(21)25/h19-23H,5-18H2,1-4H3/t19?,20?,21?,22?,23?,25-,26-/m0/s1. The Morgan fingerprint density at radius 3 is 2.62 bits per heavy atom. The van der Waals surface area contributed by atoms with Gasteiger partial charge in [-0.25, -0.2) is 0 Å². The van der Waals surface area contributed by atoms with E-state index in [9.17, 15) is 4.79 Å². The number of hydrogen-bond acceptors (Lipinski definition) is 3. The maximum Gasteiger partial charge on any atom is 0.139 e. The highest BCUT2D eigenvalue weighted by Gasteiger charge is 2.60. The quantitative estimate of drug-likeness (QED) is 0.520. The van der Waals surface area contributed by atoms with Gasteiger partial charge in [0.25, 0.3) is 0 Å². The second-order valence-electron chi connectivity index (χ2n) is 11.8. The van der Waals surface area contributed by atoms with E-state index < -0.39 is 0 Å². The first kappa shape index (κ1) is 21.8. The van der Waals surface area contributed by atoms with E-state index in [4.69, 9.17) is 4.74 Å². The van der Waals surface area contributed by atoms with Gasteiger partial charge in [0.15, 0.2) is 0 Å². The van der Waals surface area contributed by atoms with Crippen molar-refractivity contribution < 1.29 is 9.53 Å². The molecule has 166 valence electrons. The average molecular weight is 404 g/mol. The maximum atomic E-state index is 12.6. The van der Waals surface area contributed by atoms with E-state index in [0.29, 0.717) is 17.1 Å². The summed E-state index contributed by atoms with van der Waals surface area (Å²) in [5, 5.41) is 0. The van der Waals surface area contributed by atoms with Crippen LogP contribution in [0.2, 0.25) is 0 Å². The molecule has 29 heavy (non-hydrogen) atoms. The van der Waals surface area contributed by atoms with Crippen LogP contribution in [0.25, 0.3) is 0 Å². The van der Waals surface area contributed by atoms with Gasteiger partial charge in [-0.15, -0.1) is 0 Å². The summed E-state index contributed by atoms with van der Waals surface area (Å²) >= 11 is 0. The molecular weight excluding hydrogens is 358 g/mol. The van der Waals surface area contributed by atoms with E-state index in [1.807, 2.05) is 0 Å². The van der Waals surface area contributed by atoms with Crippen LogP contribution in [-0.2, 0) is 9.53 Å². The third-order valence-corrected chi connectivity index (χ3v) is 10.1. The van der Waals surface area contributed by atoms with Gasteiger partial charge in [0.1, 0.15) is 5.78 Å². The zero-order valence-corrected chi connectivity index (χ0v) is 19.5. The van der Waals surface area contributed by atoms with Crippen molar-refractivity contribution in [2.24, 2.45) is 40.4 Å². The number of carbonyl (C=O) groups excluding carboxylic acids is 1. The third-order valence-electron chi connectivity index (χ3n) is 10.1. The first-order chi connectivity index (χ1) is 13.8. The number of rotatable bonds is 7. The van der Waals surface area contributed by atoms with Crippen LogP contribution in [0.3, 0.4) is 0 Å². The molecule has 7 atom stereocenters. The molecule has 3 nitrogen and oxygen atoms in total. The summed E-state index contributed by atoms with van der Waals surface area (Å²) in [6.45, 7) is 7.79. The van der Waals surface area contributed by atoms with Gasteiger partial charge < -0.3 is 9.64 Å². The van der Waals surface area contributed by atoms with E-state index in [1.165, 1.54) is 64.2 Å². The maximum absolute atomic E-state index is 12.6. The first-order valence-corrected chi connectivity index (χ1v) is 12.6. The summed E-state index contributed by atoms with van der Waals surface area (Å²) in [5.41, 5.74) is 0.586. The Hall–Kier alpha value is -0.410. The number of Topliss-reactive ketones (excluding diaryl/α,β-unsaturated/α-hetero) is 1. The number of carbonyl (C=O) groups is 1. The molecule has 0 aromatic carbocycles. The predicted molar refractivity (Wildman–Crippen MR) is 119 cm³/mol. The van der Waals surface area contributed by atoms with Crippen molar-refractivity contribution in [3.8, 4) is 0 Å². The van der Waals surface area contributed by atoms with Crippen molar-refractivity contribution in [3.63, 3.8) is 0 Å². The molecule has 4 aliphatic carbocycles. The summed E-state index contributed by atoms with van der Waals surface area (Å²) < 4.78 is 5.82. The number of ketones is 1. The molecule has 0 spiro atoms. The van der Waals surface area contributed by atoms with E-state index >= 15 is 0 Å². The molecule has 4 saturated carbocycles. The summed E-state index contributed by atoms with van der Waals surface area (Å²) in [4.78, 5) is 14.8. The van der Waals surface area contributed by atoms with Crippen LogP contribution in [0.5, 0.6) is 0 Å². The minimum atomic E-state index is 0.0359. The van der Waals surface area contributed by atoms with E-state index in [0.717, 1.165) is 49.9 Å². The van der Waals surface area contributed by atoms with Gasteiger partial charge >= 0.3 is 0 Å². The molecule has 0 N–H and O–H groups in total. The van der Waals surface area contributed by atoms with E-state index in [-0.39, 0.29) is 5.41 Å². The molecule has 0 saturated heterocycles. The number of nitrogens with zero attached hydrogens (tertiary/aromatic N) is 1. The normalized spacial score (nSPS) is 44.4. The molecule has 4 fully saturated rings. The highest BCUT2D eigenvalue weighted by atomic mass is 16.5. The van der Waals surface area contributed by atoms with Crippen molar-refractivity contribution in [3.05, 3.63) is 0 Å². The fraction of sp³-hybridized carbons (Fsp3) is 0.962. The zero-order valence-electron chi connectivity index (χ0n) is 19.5. The van der Waals surface area contributed by atoms with Crippen LogP contribution in [0.4, 0.5) is 0 Å². The first-order valence-electron chi connectivity index (χ1n) is 12.6. The van der Waals surface area contributed by atoms with Gasteiger partial charge in [0, 0.05) is 25.0 Å². The second-order valence-corrected chi connectivity index (χ2v) is 11.8. The Balaban J connectivity index is 1.29. The fourth-order valence-corrected chi connectivity index (χ4v) is 8.20. The summed E-state index contributed by atoms with van der Waals surface area (Å²) in [7, 11) is 4.21. The molecule has 0 bridgehead atoms. The molecule has 0 aromatic rings. The molecule has 0 aliphatic heterocycles. The minimum absolute atomic E-state index is 0.0359. The Kier molecular flexibility index (Phi) is 6.48. The zero-order chi connectivity index (χ0) is 20.6. The van der Waals surface area contributed by atoms with Gasteiger partial charge in [-0.1, -0.05) is 13.8 Å². The lowest BCUT2D eigenvalue weighted by molar-refractivity contribution is -0.140. The Morgan fingerprint density at radius 2 is 1.83 bits per heavy atom. The number of hydrogen-bond donors (Lipinski definition) is 0. The van der Waals surface area contributed by atoms with E-state index in [1.54, 1.807) is 0 Å². The topological polar surface area (TPSA) is 29.5 Å². The van der Waals surface area contributed by atoms with Gasteiger partial charge in [-0.05, 0) is 113 Å². The number of fused-ring (bicyclic) bond motifs is 5. The van der Waals surface area contributed by atoms with Crippen LogP contribution in [0.1, 0.15) is 84.5 Å². The van der Waals surface area contributed by atoms with Crippen molar-refractivity contribution in [1.29, 1.82) is 0 Å². The monoisotopic (exact) mass is 403 g/mol. The van der Waals surface area contributed by atoms with Crippen molar-refractivity contribution >= 4 is 5.78 Å². The summed E-state index contributed by atoms with van der Waals surface area (Å²) in [6.07, 6.45) is 14.3. The Bertz CT molecular complexity index is 589. The lowest BCUT2D eigenvalue weighted by Gasteiger charge is -2.60. The van der Waals surface area contributed by atoms with Crippen molar-refractivity contribution in [1.82, 2.24) is 4.90 Å². The van der Waals surface area contributed by atoms with Gasteiger partial charge in [-0.2, -0.15) is 0 Å². The molecule has 0 amide bonds. The number of likely N-dealkylation sites (N-methyl/N-ethyl adjacent to an activating group) is 1. The SMILES string of the molecule is CN(C)CCOCCCC1CC[C@@]2(C)C(CCC3C2CC[C@]2(C)C(=O)CCC32)C1. The largest absolute Gasteiger partial charge is 0.380 e. The number of ether oxygens (including phenoxy) is 1. The van der Waals surface area contributed by atoms with Crippen LogP contribution in [-0.4, -0.2) is 44.5 Å². The smallest absolute Gasteiger partial charge is 0.139 e. The molecule has 0 heterocycles. The fourth-order valence-electron chi connectivity index (χ4n) is 8.20. The summed E-state index contributed by atoms with van der Waals surface area (Å²) in [5.74, 6) is 4.86. The average Bonchev–Trinajstić information content (AvgIpc) is 2.99. The Labute approximate surface area is 179 Å². The lowest BCUT2D eigenvalue weighted by Crippen LogP contribution is -2.53. The molecule has 3 heteroatoms. The van der Waals surface area contributed by atoms with Crippen LogP contribution >= 0.6 is 0 Å². The van der Waals surface area contributed by atoms with Crippen LogP contribution in [0.15, 0.2) is 0 Å². The molecule has 0 aromatic heterocycles. The predicted octanol–water partition coefficient (Wildman–Crippen LogP) is 5.57. The minimum Gasteiger partial charge on any atom is -0.380 e. The van der Waals surface area contributed by atoms with Crippen molar-refractivity contribution in [2.75, 3.05) is 33.9 Å². The van der Waals surface area contributed by atoms with Gasteiger partial charge in [-0.3, -0.25) is 4.79 Å². The van der Waals surface area contributed by atoms with E-state index in [2.05, 4.69) is 32.8 Å². The molecule has 4 aliphatic rings. The van der Waals surface area contributed by atoms with Crippen LogP contribution in [0, 0.1) is 40.4 Å². The third kappa shape index (κ3) is 4.07. The van der Waals surface area contributed by atoms with Crippen LogP contribution < -0.4 is 0 Å². The van der Waals surface area contributed by atoms with Gasteiger partial charge in [0.2, 0.25) is 0 Å². The highest BCUT2D eigenvalue weighted by molar-refractivity contribution is 5.87. The molecule has 5 unspecified atom stereocenters. The second kappa shape index (κ2) is 8.61. The lowest BCUT2D eigenvalue weighted by atomic mass is 9.44. The molecular formula is C26H45NO2. The molecule has 0 radical (unpaired) electrons. The summed E-state index contributed by atoms with van der Waals surface area (Å²) in [6, 6.07) is 0. The van der Waals surface area contributed by atoms with Crippen molar-refractivity contribution in [2.45, 2.75) is 84.5 Å². The van der Waals surface area contributed by atoms with Gasteiger partial charge in [0.05, 0.1) is 6.61 Å². The Morgan fingerprint density at radius 1 is 1.00 bits per heavy atom. The highest BCUT2D eigenvalue weighted by Crippen LogP contribution is 2.66. The molecule has 4 rings (SSSR count).